The number of hydrogen-bond donors (Lipinski definition) is 0. The molecule has 0 saturated carbocycles. The van der Waals surface area contributed by atoms with Crippen LogP contribution in [-0.4, -0.2) is 16.9 Å². The second-order valence-corrected chi connectivity index (χ2v) is 7.30. The summed E-state index contributed by atoms with van der Waals surface area (Å²) in [6, 6.07) is 22.4. The minimum Gasteiger partial charge on any atom is -0.335 e. The van der Waals surface area contributed by atoms with Crippen molar-refractivity contribution < 1.29 is 4.79 Å². The maximum atomic E-state index is 12.6. The Hall–Kier alpha value is -2.77. The van der Waals surface area contributed by atoms with E-state index in [0.717, 1.165) is 21.9 Å². The largest absolute Gasteiger partial charge is 0.335 e. The Morgan fingerprint density at radius 1 is 1.11 bits per heavy atom. The molecule has 0 N–H and O–H groups in total. The average molecular weight is 375 g/mol. The van der Waals surface area contributed by atoms with Crippen molar-refractivity contribution in [1.29, 1.82) is 5.26 Å². The minimum absolute atomic E-state index is 0.00678. The van der Waals surface area contributed by atoms with Crippen molar-refractivity contribution in [1.82, 2.24) is 4.90 Å². The van der Waals surface area contributed by atoms with Gasteiger partial charge in [-0.1, -0.05) is 60.7 Å². The van der Waals surface area contributed by atoms with Crippen molar-refractivity contribution in [2.24, 2.45) is 0 Å². The number of allylic oxidation sites excluding steroid dienone is 3. The Bertz CT molecular complexity index is 939. The molecule has 0 saturated heterocycles. The Kier molecular flexibility index (Phi) is 5.83. The maximum absolute atomic E-state index is 12.6. The van der Waals surface area contributed by atoms with Crippen molar-refractivity contribution in [2.45, 2.75) is 26.3 Å². The second-order valence-electron chi connectivity index (χ2n) is 6.51. The van der Waals surface area contributed by atoms with Gasteiger partial charge in [-0.2, -0.15) is 5.26 Å². The first kappa shape index (κ1) is 19.0. The molecule has 2 aromatic carbocycles. The fourth-order valence-corrected chi connectivity index (χ4v) is 4.45. The van der Waals surface area contributed by atoms with Gasteiger partial charge in [0.15, 0.2) is 5.78 Å². The van der Waals surface area contributed by atoms with Gasteiger partial charge in [-0.3, -0.25) is 4.79 Å². The van der Waals surface area contributed by atoms with Gasteiger partial charge in [-0.05, 0) is 31.2 Å². The van der Waals surface area contributed by atoms with Crippen LogP contribution in [0.3, 0.4) is 0 Å². The number of nitrogens with zero attached hydrogens (tertiary/aromatic N) is 2. The highest BCUT2D eigenvalue weighted by atomic mass is 32.2. The molecule has 136 valence electrons. The van der Waals surface area contributed by atoms with Crippen LogP contribution in [-0.2, 0) is 11.3 Å². The van der Waals surface area contributed by atoms with Crippen LogP contribution in [0, 0.1) is 11.3 Å². The molecule has 0 fully saturated rings. The standard InChI is InChI=1S/C23H22N2OS/c1-16-21(17(2)26)22(19-12-8-5-9-13-19)20(14-24)23(27-3)25(16)15-18-10-6-4-7-11-18/h4-13,22H,15H2,1-3H3/t22-/m0/s1. The van der Waals surface area contributed by atoms with Gasteiger partial charge in [0, 0.05) is 17.8 Å². The van der Waals surface area contributed by atoms with Crippen LogP contribution < -0.4 is 0 Å². The summed E-state index contributed by atoms with van der Waals surface area (Å²) in [5.41, 5.74) is 4.38. The Labute approximate surface area is 165 Å². The number of Topliss-reactive ketones (excluding diaryl/α,β-unsaturated/α-hetero) is 1. The zero-order chi connectivity index (χ0) is 19.4. The van der Waals surface area contributed by atoms with Gasteiger partial charge >= 0.3 is 0 Å². The van der Waals surface area contributed by atoms with E-state index in [1.54, 1.807) is 18.7 Å². The first-order valence-corrected chi connectivity index (χ1v) is 10.1. The number of carbonyl (C=O) groups is 1. The van der Waals surface area contributed by atoms with Gasteiger partial charge in [0.05, 0.1) is 22.6 Å². The number of nitriles is 1. The Balaban J connectivity index is 2.19. The lowest BCUT2D eigenvalue weighted by atomic mass is 9.80. The molecule has 1 heterocycles. The van der Waals surface area contributed by atoms with Gasteiger partial charge in [-0.15, -0.1) is 11.8 Å². The molecular weight excluding hydrogens is 352 g/mol. The summed E-state index contributed by atoms with van der Waals surface area (Å²) in [5.74, 6) is -0.310. The fraction of sp³-hybridized carbons (Fsp3) is 0.217. The molecule has 0 aliphatic carbocycles. The molecule has 1 aliphatic rings. The molecule has 4 heteroatoms. The number of ketones is 1. The van der Waals surface area contributed by atoms with E-state index in [-0.39, 0.29) is 11.7 Å². The lowest BCUT2D eigenvalue weighted by Crippen LogP contribution is -2.31. The average Bonchev–Trinajstić information content (AvgIpc) is 2.69. The minimum atomic E-state index is -0.317. The van der Waals surface area contributed by atoms with Crippen LogP contribution in [0.5, 0.6) is 0 Å². The van der Waals surface area contributed by atoms with Gasteiger partial charge in [-0.25, -0.2) is 0 Å². The number of thioether (sulfide) groups is 1. The van der Waals surface area contributed by atoms with Crippen molar-refractivity contribution in [3.05, 3.63) is 93.7 Å². The molecule has 0 spiro atoms. The third kappa shape index (κ3) is 3.70. The summed E-state index contributed by atoms with van der Waals surface area (Å²) in [6.07, 6.45) is 1.98. The normalized spacial score (nSPS) is 17.1. The monoisotopic (exact) mass is 374 g/mol. The quantitative estimate of drug-likeness (QED) is 0.717. The van der Waals surface area contributed by atoms with Crippen LogP contribution >= 0.6 is 11.8 Å². The zero-order valence-corrected chi connectivity index (χ0v) is 16.6. The Morgan fingerprint density at radius 2 is 1.70 bits per heavy atom. The molecule has 0 amide bonds. The molecule has 0 bridgehead atoms. The van der Waals surface area contributed by atoms with Crippen LogP contribution in [0.25, 0.3) is 0 Å². The predicted molar refractivity (Wildman–Crippen MR) is 111 cm³/mol. The van der Waals surface area contributed by atoms with E-state index in [2.05, 4.69) is 23.1 Å². The molecule has 27 heavy (non-hydrogen) atoms. The highest BCUT2D eigenvalue weighted by Gasteiger charge is 2.36. The number of hydrogen-bond acceptors (Lipinski definition) is 4. The molecule has 0 aromatic heterocycles. The highest BCUT2D eigenvalue weighted by Crippen LogP contribution is 2.45. The maximum Gasteiger partial charge on any atom is 0.158 e. The summed E-state index contributed by atoms with van der Waals surface area (Å²) < 4.78 is 0. The third-order valence-electron chi connectivity index (χ3n) is 4.86. The van der Waals surface area contributed by atoms with Gasteiger partial charge in [0.25, 0.3) is 0 Å². The molecule has 3 rings (SSSR count). The molecular formula is C23H22N2OS. The summed E-state index contributed by atoms with van der Waals surface area (Å²) in [6.45, 7) is 4.21. The lowest BCUT2D eigenvalue weighted by Gasteiger charge is -2.37. The molecule has 1 atom stereocenters. The molecule has 3 nitrogen and oxygen atoms in total. The molecule has 0 unspecified atom stereocenters. The van der Waals surface area contributed by atoms with Crippen molar-refractivity contribution in [2.75, 3.05) is 6.26 Å². The van der Waals surface area contributed by atoms with E-state index < -0.39 is 0 Å². The molecule has 2 aromatic rings. The summed E-state index contributed by atoms with van der Waals surface area (Å²) in [4.78, 5) is 14.7. The van der Waals surface area contributed by atoms with Gasteiger partial charge < -0.3 is 4.90 Å². The second kappa shape index (κ2) is 8.28. The van der Waals surface area contributed by atoms with E-state index in [9.17, 15) is 10.1 Å². The topological polar surface area (TPSA) is 44.1 Å². The van der Waals surface area contributed by atoms with Crippen LogP contribution in [0.1, 0.15) is 30.9 Å². The number of rotatable bonds is 5. The van der Waals surface area contributed by atoms with Crippen LogP contribution in [0.15, 0.2) is 82.5 Å². The predicted octanol–water partition coefficient (Wildman–Crippen LogP) is 5.25. The lowest BCUT2D eigenvalue weighted by molar-refractivity contribution is -0.114. The van der Waals surface area contributed by atoms with Crippen LogP contribution in [0.2, 0.25) is 0 Å². The zero-order valence-electron chi connectivity index (χ0n) is 15.8. The van der Waals surface area contributed by atoms with Crippen molar-refractivity contribution in [3.63, 3.8) is 0 Å². The van der Waals surface area contributed by atoms with E-state index >= 15 is 0 Å². The SMILES string of the molecule is CSC1=C(C#N)[C@H](c2ccccc2)C(C(C)=O)=C(C)N1Cc1ccccc1. The first-order valence-electron chi connectivity index (χ1n) is 8.84. The van der Waals surface area contributed by atoms with Crippen LogP contribution in [0.4, 0.5) is 0 Å². The van der Waals surface area contributed by atoms with E-state index in [1.807, 2.05) is 61.7 Å². The van der Waals surface area contributed by atoms with Crippen molar-refractivity contribution in [3.8, 4) is 6.07 Å². The smallest absolute Gasteiger partial charge is 0.158 e. The van der Waals surface area contributed by atoms with Gasteiger partial charge in [0.2, 0.25) is 0 Å². The fourth-order valence-electron chi connectivity index (χ4n) is 3.65. The number of carbonyl (C=O) groups excluding carboxylic acids is 1. The summed E-state index contributed by atoms with van der Waals surface area (Å²) >= 11 is 1.56. The molecule has 1 aliphatic heterocycles. The van der Waals surface area contributed by atoms with E-state index in [4.69, 9.17) is 0 Å². The summed E-state index contributed by atoms with van der Waals surface area (Å²) in [7, 11) is 0. The highest BCUT2D eigenvalue weighted by molar-refractivity contribution is 8.02. The van der Waals surface area contributed by atoms with Crippen molar-refractivity contribution >= 4 is 17.5 Å². The molecule has 0 radical (unpaired) electrons. The Morgan fingerprint density at radius 3 is 2.22 bits per heavy atom. The third-order valence-corrected chi connectivity index (χ3v) is 5.68. The first-order chi connectivity index (χ1) is 13.1. The van der Waals surface area contributed by atoms with E-state index in [1.165, 1.54) is 0 Å². The van der Waals surface area contributed by atoms with E-state index in [0.29, 0.717) is 17.7 Å². The summed E-state index contributed by atoms with van der Waals surface area (Å²) in [5, 5.41) is 10.9. The number of benzene rings is 2. The van der Waals surface area contributed by atoms with Gasteiger partial charge in [0.1, 0.15) is 0 Å².